The number of rotatable bonds is 5. The number of nitrogens with zero attached hydrogens (tertiary/aromatic N) is 2. The van der Waals surface area contributed by atoms with Crippen molar-refractivity contribution in [1.82, 2.24) is 8.61 Å². The Morgan fingerprint density at radius 2 is 1.85 bits per heavy atom. The third kappa shape index (κ3) is 4.81. The fraction of sp³-hybridized carbons (Fsp3) is 0.333. The van der Waals surface area contributed by atoms with E-state index < -0.39 is 10.8 Å². The molecule has 0 aromatic heterocycles. The second-order valence-corrected chi connectivity index (χ2v) is 13.0. The van der Waals surface area contributed by atoms with Crippen molar-refractivity contribution in [2.45, 2.75) is 64.8 Å². The van der Waals surface area contributed by atoms with Crippen LogP contribution in [0.5, 0.6) is 0 Å². The van der Waals surface area contributed by atoms with E-state index in [1.807, 2.05) is 36.4 Å². The molecular weight excluding hydrogens is 511 g/mol. The van der Waals surface area contributed by atoms with Gasteiger partial charge in [-0.25, -0.2) is 0 Å². The Morgan fingerprint density at radius 1 is 1.07 bits per heavy atom. The summed E-state index contributed by atoms with van der Waals surface area (Å²) in [5.74, 6) is 0.815. The van der Waals surface area contributed by atoms with E-state index in [-0.39, 0.29) is 6.04 Å². The van der Waals surface area contributed by atoms with Gasteiger partial charge < -0.3 is 0 Å². The molecule has 0 N–H and O–H groups in total. The van der Waals surface area contributed by atoms with Crippen LogP contribution in [-0.2, 0) is 0 Å². The molecule has 2 aromatic rings. The van der Waals surface area contributed by atoms with E-state index in [2.05, 4.69) is 110 Å². The number of hydrogen-bond acceptors (Lipinski definition) is 2. The average Bonchev–Trinajstić information content (AvgIpc) is 3.27. The quantitative estimate of drug-likeness (QED) is 0.339. The third-order valence-electron chi connectivity index (χ3n) is 8.38. The lowest BCUT2D eigenvalue weighted by molar-refractivity contribution is 0.402. The van der Waals surface area contributed by atoms with Crippen molar-refractivity contribution in [3.05, 3.63) is 131 Å². The minimum atomic E-state index is -3.02. The maximum Gasteiger partial charge on any atom is 0.0987 e. The van der Waals surface area contributed by atoms with Crippen LogP contribution < -0.4 is 0 Å². The van der Waals surface area contributed by atoms with Crippen molar-refractivity contribution in [3.63, 3.8) is 0 Å². The summed E-state index contributed by atoms with van der Waals surface area (Å²) in [6.45, 7) is 11.1. The van der Waals surface area contributed by atoms with Gasteiger partial charge in [-0.15, -0.1) is 3.89 Å². The lowest BCUT2D eigenvalue weighted by atomic mass is 9.77. The van der Waals surface area contributed by atoms with Crippen LogP contribution >= 0.6 is 10.8 Å². The first-order valence-corrected chi connectivity index (χ1v) is 16.3. The van der Waals surface area contributed by atoms with Crippen molar-refractivity contribution in [2.24, 2.45) is 11.8 Å². The number of hydrogen-bond donors (Lipinski definition) is 0. The molecular formula is C36H43FN2S. The first kappa shape index (κ1) is 28.3. The summed E-state index contributed by atoms with van der Waals surface area (Å²) >= 11 is 0. The van der Waals surface area contributed by atoms with Gasteiger partial charge in [0.25, 0.3) is 0 Å². The van der Waals surface area contributed by atoms with Crippen LogP contribution in [0.3, 0.4) is 0 Å². The number of aryl methyl sites for hydroxylation is 1. The molecule has 0 saturated carbocycles. The van der Waals surface area contributed by atoms with Crippen molar-refractivity contribution in [1.29, 1.82) is 0 Å². The van der Waals surface area contributed by atoms with Gasteiger partial charge in [-0.05, 0) is 84.9 Å². The Bertz CT molecular complexity index is 1410. The second kappa shape index (κ2) is 12.1. The molecule has 2 nitrogen and oxygen atoms in total. The number of benzene rings is 2. The predicted octanol–water partition coefficient (Wildman–Crippen LogP) is 10.6. The normalized spacial score (nSPS) is 27.5. The van der Waals surface area contributed by atoms with Gasteiger partial charge in [-0.2, -0.15) is 0 Å². The third-order valence-corrected chi connectivity index (χ3v) is 11.1. The van der Waals surface area contributed by atoms with Crippen LogP contribution in [-0.4, -0.2) is 15.2 Å². The second-order valence-electron chi connectivity index (χ2n) is 10.7. The van der Waals surface area contributed by atoms with E-state index in [4.69, 9.17) is 0 Å². The number of fused-ring (bicyclic) bond motifs is 3. The highest BCUT2D eigenvalue weighted by Crippen LogP contribution is 2.74. The number of allylic oxidation sites excluding steroid dienone is 8. The van der Waals surface area contributed by atoms with Gasteiger partial charge >= 0.3 is 0 Å². The molecule has 4 atom stereocenters. The van der Waals surface area contributed by atoms with Crippen LogP contribution in [0, 0.1) is 18.8 Å². The molecule has 0 spiro atoms. The maximum absolute atomic E-state index is 18.3. The van der Waals surface area contributed by atoms with Crippen LogP contribution in [0.4, 0.5) is 3.89 Å². The summed E-state index contributed by atoms with van der Waals surface area (Å²) in [6, 6.07) is 16.4. The summed E-state index contributed by atoms with van der Waals surface area (Å²) in [7, 11) is -3.02. The first-order valence-electron chi connectivity index (χ1n) is 14.9. The van der Waals surface area contributed by atoms with E-state index in [1.165, 1.54) is 17.6 Å². The molecule has 40 heavy (non-hydrogen) atoms. The molecule has 2 aromatic carbocycles. The molecule has 3 aliphatic heterocycles. The van der Waals surface area contributed by atoms with Gasteiger partial charge in [-0.1, -0.05) is 106 Å². The SMILES string of the molecule is CC.CC=CC(C)C1CCCC=C1C1=CC=CCN1S1(F)c2ccccc2C2C=CC(c3ccccc3C)=CN21. The summed E-state index contributed by atoms with van der Waals surface area (Å²) in [5.41, 5.74) is 6.87. The minimum Gasteiger partial charge on any atom is -0.287 e. The van der Waals surface area contributed by atoms with Crippen LogP contribution in [0.1, 0.15) is 69.7 Å². The molecule has 0 radical (unpaired) electrons. The van der Waals surface area contributed by atoms with Crippen molar-refractivity contribution in [3.8, 4) is 0 Å². The lowest BCUT2D eigenvalue weighted by Gasteiger charge is -2.50. The smallest absolute Gasteiger partial charge is 0.0987 e. The summed E-state index contributed by atoms with van der Waals surface area (Å²) in [5, 5.41) is 0. The molecule has 0 fully saturated rings. The zero-order valence-electron chi connectivity index (χ0n) is 24.6. The molecule has 0 bridgehead atoms. The Hall–Kier alpha value is -3.24. The topological polar surface area (TPSA) is 6.48 Å². The zero-order chi connectivity index (χ0) is 28.3. The molecule has 3 heterocycles. The van der Waals surface area contributed by atoms with Crippen molar-refractivity contribution < 1.29 is 3.89 Å². The van der Waals surface area contributed by atoms with E-state index in [1.54, 1.807) is 0 Å². The Kier molecular flexibility index (Phi) is 8.56. The molecule has 1 aliphatic carbocycles. The summed E-state index contributed by atoms with van der Waals surface area (Å²) in [4.78, 5) is 0.826. The largest absolute Gasteiger partial charge is 0.287 e. The van der Waals surface area contributed by atoms with Gasteiger partial charge in [0.1, 0.15) is 0 Å². The highest BCUT2D eigenvalue weighted by molar-refractivity contribution is 8.26. The molecule has 4 unspecified atom stereocenters. The van der Waals surface area contributed by atoms with Crippen LogP contribution in [0.2, 0.25) is 0 Å². The fourth-order valence-corrected chi connectivity index (χ4v) is 9.39. The van der Waals surface area contributed by atoms with Gasteiger partial charge in [0.05, 0.1) is 34.0 Å². The average molecular weight is 555 g/mol. The van der Waals surface area contributed by atoms with Gasteiger partial charge in [-0.3, -0.25) is 8.61 Å². The highest BCUT2D eigenvalue weighted by atomic mass is 32.3. The van der Waals surface area contributed by atoms with Gasteiger partial charge in [0.15, 0.2) is 0 Å². The lowest BCUT2D eigenvalue weighted by Crippen LogP contribution is -2.36. The zero-order valence-corrected chi connectivity index (χ0v) is 25.4. The first-order chi connectivity index (χ1) is 19.5. The molecule has 0 saturated heterocycles. The molecule has 210 valence electrons. The Balaban J connectivity index is 0.00000158. The van der Waals surface area contributed by atoms with Crippen LogP contribution in [0.15, 0.2) is 120 Å². The predicted molar refractivity (Wildman–Crippen MR) is 171 cm³/mol. The minimum absolute atomic E-state index is 0.107. The van der Waals surface area contributed by atoms with E-state index in [0.29, 0.717) is 18.4 Å². The summed E-state index contributed by atoms with van der Waals surface area (Å²) < 4.78 is 22.5. The molecule has 4 aliphatic rings. The maximum atomic E-state index is 18.3. The molecule has 6 rings (SSSR count). The van der Waals surface area contributed by atoms with Crippen molar-refractivity contribution >= 4 is 16.4 Å². The van der Waals surface area contributed by atoms with Crippen molar-refractivity contribution in [2.75, 3.05) is 6.54 Å². The standard InChI is InChI=1S/C34H37FN2S.C2H6/c1-4-13-25(2)29-16-7-8-17-30(29)32-19-11-12-23-36(32)38(35)34-20-10-9-18-31(34)33-22-21-27(24-37(33)38)28-15-6-5-14-26(28)3;1-2/h4-6,9-15,17-22,24-25,29,33H,7-8,16,23H2,1-3H3;1-2H3. The monoisotopic (exact) mass is 554 g/mol. The highest BCUT2D eigenvalue weighted by Gasteiger charge is 2.51. The fourth-order valence-electron chi connectivity index (χ4n) is 6.51. The van der Waals surface area contributed by atoms with E-state index in [0.717, 1.165) is 40.1 Å². The van der Waals surface area contributed by atoms with Gasteiger partial charge in [0.2, 0.25) is 0 Å². The molecule has 0 amide bonds. The molecule has 4 heteroatoms. The van der Waals surface area contributed by atoms with Gasteiger partial charge in [0, 0.05) is 6.20 Å². The van der Waals surface area contributed by atoms with E-state index in [9.17, 15) is 0 Å². The Morgan fingerprint density at radius 3 is 2.65 bits per heavy atom. The van der Waals surface area contributed by atoms with Crippen LogP contribution in [0.25, 0.3) is 5.57 Å². The number of halogens is 1. The Labute approximate surface area is 242 Å². The summed E-state index contributed by atoms with van der Waals surface area (Å²) in [6.07, 6.45) is 23.1. The van der Waals surface area contributed by atoms with E-state index >= 15 is 3.89 Å².